The number of aryl methyl sites for hydroxylation is 1. The van der Waals surface area contributed by atoms with Gasteiger partial charge in [0.25, 0.3) is 0 Å². The zero-order valence-electron chi connectivity index (χ0n) is 11.8. The van der Waals surface area contributed by atoms with Crippen molar-refractivity contribution in [1.82, 2.24) is 5.32 Å². The van der Waals surface area contributed by atoms with Gasteiger partial charge in [0.15, 0.2) is 11.7 Å². The largest absolute Gasteiger partial charge is 0.344 e. The molecule has 1 aliphatic rings. The first-order chi connectivity index (χ1) is 10.0. The van der Waals surface area contributed by atoms with Gasteiger partial charge in [-0.2, -0.15) is 5.26 Å². The molecule has 0 saturated heterocycles. The number of Topliss-reactive ketones (excluding diaryl/α,β-unsaturated/α-hetero) is 1. The van der Waals surface area contributed by atoms with Gasteiger partial charge in [-0.1, -0.05) is 35.7 Å². The minimum atomic E-state index is -1.30. The van der Waals surface area contributed by atoms with Crippen LogP contribution in [-0.2, 0) is 15.0 Å². The third kappa shape index (κ3) is 2.80. The van der Waals surface area contributed by atoms with Crippen LogP contribution in [0.3, 0.4) is 0 Å². The Kier molecular flexibility index (Phi) is 4.10. The standard InChI is InChI=1S/C17H16N2O2/c1-3-9-19-16(21)14(11-18)15(20)17(7-8-17)13-6-4-5-12(2)10-13/h1,4-6,10,14H,7-9H2,2H3,(H,19,21). The lowest BCUT2D eigenvalue weighted by atomic mass is 9.84. The Morgan fingerprint density at radius 3 is 2.71 bits per heavy atom. The van der Waals surface area contributed by atoms with Crippen LogP contribution >= 0.6 is 0 Å². The quantitative estimate of drug-likeness (QED) is 0.656. The second-order valence-corrected chi connectivity index (χ2v) is 5.30. The Morgan fingerprint density at radius 1 is 1.48 bits per heavy atom. The summed E-state index contributed by atoms with van der Waals surface area (Å²) in [7, 11) is 0. The van der Waals surface area contributed by atoms with Crippen molar-refractivity contribution in [3.05, 3.63) is 35.4 Å². The summed E-state index contributed by atoms with van der Waals surface area (Å²) in [6.07, 6.45) is 6.42. The molecule has 0 spiro atoms. The summed E-state index contributed by atoms with van der Waals surface area (Å²) in [6, 6.07) is 9.47. The molecule has 0 aliphatic heterocycles. The first kappa shape index (κ1) is 14.8. The molecule has 1 fully saturated rings. The molecule has 1 N–H and O–H groups in total. The van der Waals surface area contributed by atoms with Crippen LogP contribution < -0.4 is 5.32 Å². The Balaban J connectivity index is 2.24. The first-order valence-corrected chi connectivity index (χ1v) is 6.77. The summed E-state index contributed by atoms with van der Waals surface area (Å²) in [5.74, 6) is 0.0128. The van der Waals surface area contributed by atoms with Crippen molar-refractivity contribution in [3.8, 4) is 18.4 Å². The summed E-state index contributed by atoms with van der Waals surface area (Å²) < 4.78 is 0. The maximum atomic E-state index is 12.6. The number of hydrogen-bond acceptors (Lipinski definition) is 3. The second kappa shape index (κ2) is 5.81. The highest BCUT2D eigenvalue weighted by Gasteiger charge is 2.54. The first-order valence-electron chi connectivity index (χ1n) is 6.77. The minimum Gasteiger partial charge on any atom is -0.344 e. The number of ketones is 1. The number of carbonyl (C=O) groups excluding carboxylic acids is 2. The van der Waals surface area contributed by atoms with E-state index < -0.39 is 17.2 Å². The monoisotopic (exact) mass is 280 g/mol. The summed E-state index contributed by atoms with van der Waals surface area (Å²) in [4.78, 5) is 24.5. The van der Waals surface area contributed by atoms with Crippen LogP contribution in [0.2, 0.25) is 0 Å². The zero-order chi connectivity index (χ0) is 15.5. The van der Waals surface area contributed by atoms with Crippen molar-refractivity contribution in [2.75, 3.05) is 6.54 Å². The maximum absolute atomic E-state index is 12.6. The van der Waals surface area contributed by atoms with Gasteiger partial charge >= 0.3 is 0 Å². The Hall–Kier alpha value is -2.59. The molecule has 0 heterocycles. The minimum absolute atomic E-state index is 0.0156. The second-order valence-electron chi connectivity index (χ2n) is 5.30. The van der Waals surface area contributed by atoms with Crippen LogP contribution in [0.15, 0.2) is 24.3 Å². The molecule has 0 aromatic heterocycles. The fourth-order valence-electron chi connectivity index (χ4n) is 2.50. The number of rotatable bonds is 5. The van der Waals surface area contributed by atoms with Crippen LogP contribution in [0.1, 0.15) is 24.0 Å². The Morgan fingerprint density at radius 2 is 2.19 bits per heavy atom. The van der Waals surface area contributed by atoms with Gasteiger partial charge in [-0.15, -0.1) is 6.42 Å². The van der Waals surface area contributed by atoms with E-state index in [1.165, 1.54) is 0 Å². The summed E-state index contributed by atoms with van der Waals surface area (Å²) in [5.41, 5.74) is 1.26. The number of hydrogen-bond donors (Lipinski definition) is 1. The van der Waals surface area contributed by atoms with Crippen LogP contribution in [0.25, 0.3) is 0 Å². The Bertz CT molecular complexity index is 660. The molecular weight excluding hydrogens is 264 g/mol. The molecule has 1 aromatic rings. The van der Waals surface area contributed by atoms with Crippen LogP contribution in [0.5, 0.6) is 0 Å². The fraction of sp³-hybridized carbons (Fsp3) is 0.353. The van der Waals surface area contributed by atoms with E-state index in [0.29, 0.717) is 12.8 Å². The molecule has 1 unspecified atom stereocenters. The van der Waals surface area contributed by atoms with E-state index >= 15 is 0 Å². The van der Waals surface area contributed by atoms with Crippen molar-refractivity contribution < 1.29 is 9.59 Å². The average molecular weight is 280 g/mol. The third-order valence-corrected chi connectivity index (χ3v) is 3.81. The predicted octanol–water partition coefficient (Wildman–Crippen LogP) is 1.48. The molecular formula is C17H16N2O2. The lowest BCUT2D eigenvalue weighted by Gasteiger charge is -2.18. The van der Waals surface area contributed by atoms with Crippen LogP contribution in [-0.4, -0.2) is 18.2 Å². The molecule has 1 amide bonds. The van der Waals surface area contributed by atoms with Gasteiger partial charge in [0.1, 0.15) is 0 Å². The predicted molar refractivity (Wildman–Crippen MR) is 78.0 cm³/mol. The van der Waals surface area contributed by atoms with Gasteiger partial charge in [-0.3, -0.25) is 9.59 Å². The highest BCUT2D eigenvalue weighted by atomic mass is 16.2. The Labute approximate surface area is 124 Å². The lowest BCUT2D eigenvalue weighted by molar-refractivity contribution is -0.132. The van der Waals surface area contributed by atoms with E-state index in [2.05, 4.69) is 11.2 Å². The molecule has 0 radical (unpaired) electrons. The van der Waals surface area contributed by atoms with Crippen molar-refractivity contribution in [1.29, 1.82) is 5.26 Å². The van der Waals surface area contributed by atoms with Crippen LogP contribution in [0.4, 0.5) is 0 Å². The molecule has 4 heteroatoms. The molecule has 2 rings (SSSR count). The average Bonchev–Trinajstić information content (AvgIpc) is 3.27. The number of nitrogens with one attached hydrogen (secondary N) is 1. The zero-order valence-corrected chi connectivity index (χ0v) is 11.8. The lowest BCUT2D eigenvalue weighted by Crippen LogP contribution is -2.39. The number of benzene rings is 1. The summed E-state index contributed by atoms with van der Waals surface area (Å²) in [6.45, 7) is 1.97. The molecule has 1 aromatic carbocycles. The summed E-state index contributed by atoms with van der Waals surface area (Å²) >= 11 is 0. The molecule has 4 nitrogen and oxygen atoms in total. The van der Waals surface area contributed by atoms with E-state index in [9.17, 15) is 14.9 Å². The molecule has 1 saturated carbocycles. The van der Waals surface area contributed by atoms with Gasteiger partial charge in [0.2, 0.25) is 5.91 Å². The molecule has 1 aliphatic carbocycles. The van der Waals surface area contributed by atoms with Gasteiger partial charge in [0, 0.05) is 0 Å². The number of amides is 1. The fourth-order valence-corrected chi connectivity index (χ4v) is 2.50. The van der Waals surface area contributed by atoms with Crippen molar-refractivity contribution in [2.45, 2.75) is 25.2 Å². The number of carbonyl (C=O) groups is 2. The van der Waals surface area contributed by atoms with Gasteiger partial charge in [-0.25, -0.2) is 0 Å². The van der Waals surface area contributed by atoms with Gasteiger partial charge in [0.05, 0.1) is 18.0 Å². The molecule has 1 atom stereocenters. The SMILES string of the molecule is C#CCNC(=O)C(C#N)C(=O)C1(c2cccc(C)c2)CC1. The van der Waals surface area contributed by atoms with E-state index in [4.69, 9.17) is 6.42 Å². The van der Waals surface area contributed by atoms with Gasteiger partial charge < -0.3 is 5.32 Å². The maximum Gasteiger partial charge on any atom is 0.245 e. The number of terminal acetylenes is 1. The topological polar surface area (TPSA) is 70.0 Å². The van der Waals surface area contributed by atoms with E-state index in [0.717, 1.165) is 11.1 Å². The van der Waals surface area contributed by atoms with Crippen molar-refractivity contribution in [2.24, 2.45) is 5.92 Å². The third-order valence-electron chi connectivity index (χ3n) is 3.81. The number of nitriles is 1. The smallest absolute Gasteiger partial charge is 0.245 e. The van der Waals surface area contributed by atoms with Crippen LogP contribution in [0, 0.1) is 36.5 Å². The number of nitrogens with zero attached hydrogens (tertiary/aromatic N) is 1. The van der Waals surface area contributed by atoms with Gasteiger partial charge in [-0.05, 0) is 25.3 Å². The normalized spacial score (nSPS) is 16.1. The van der Waals surface area contributed by atoms with E-state index in [-0.39, 0.29) is 12.3 Å². The molecule has 21 heavy (non-hydrogen) atoms. The summed E-state index contributed by atoms with van der Waals surface area (Å²) in [5, 5.41) is 11.6. The highest BCUT2D eigenvalue weighted by molar-refractivity contribution is 6.10. The highest BCUT2D eigenvalue weighted by Crippen LogP contribution is 2.50. The van der Waals surface area contributed by atoms with E-state index in [1.807, 2.05) is 37.3 Å². The molecule has 106 valence electrons. The molecule has 0 bridgehead atoms. The van der Waals surface area contributed by atoms with Crippen molar-refractivity contribution >= 4 is 11.7 Å². The van der Waals surface area contributed by atoms with E-state index in [1.54, 1.807) is 0 Å². The van der Waals surface area contributed by atoms with Crippen molar-refractivity contribution in [3.63, 3.8) is 0 Å².